The Kier molecular flexibility index (Phi) is 4.07. The highest BCUT2D eigenvalue weighted by molar-refractivity contribution is 7.19. The molecule has 3 aromatic heterocycles. The molecule has 0 saturated carbocycles. The lowest BCUT2D eigenvalue weighted by molar-refractivity contribution is 0.416. The molecular formula is C19H13ClN6OS. The van der Waals surface area contributed by atoms with Gasteiger partial charge in [-0.3, -0.25) is 0 Å². The number of fused-ring (bicyclic) bond motifs is 1. The molecule has 0 bridgehead atoms. The Bertz CT molecular complexity index is 1280. The van der Waals surface area contributed by atoms with E-state index in [4.69, 9.17) is 16.3 Å². The number of hydrogen-bond acceptors (Lipinski definition) is 6. The zero-order valence-corrected chi connectivity index (χ0v) is 16.2. The van der Waals surface area contributed by atoms with Gasteiger partial charge in [-0.25, -0.2) is 4.68 Å². The fourth-order valence-corrected chi connectivity index (χ4v) is 3.90. The molecule has 0 saturated heterocycles. The van der Waals surface area contributed by atoms with Crippen molar-refractivity contribution in [3.63, 3.8) is 0 Å². The summed E-state index contributed by atoms with van der Waals surface area (Å²) < 4.78 is 8.96. The van der Waals surface area contributed by atoms with Crippen LogP contribution in [0.25, 0.3) is 32.6 Å². The van der Waals surface area contributed by atoms with Gasteiger partial charge in [0.1, 0.15) is 5.75 Å². The van der Waals surface area contributed by atoms with Crippen molar-refractivity contribution in [2.45, 2.75) is 0 Å². The van der Waals surface area contributed by atoms with Gasteiger partial charge in [-0.2, -0.15) is 14.7 Å². The Hall–Kier alpha value is -3.23. The lowest BCUT2D eigenvalue weighted by atomic mass is 10.2. The molecule has 0 atom stereocenters. The zero-order chi connectivity index (χ0) is 19.1. The summed E-state index contributed by atoms with van der Waals surface area (Å²) in [5.74, 6) is 1.23. The van der Waals surface area contributed by atoms with Gasteiger partial charge in [-0.1, -0.05) is 41.1 Å². The maximum Gasteiger partial charge on any atom is 0.235 e. The SMILES string of the molecule is COc1ccc(Cl)cc1-c1nnc2sc(-c3cnn(-c4ccccc4)c3)nn12. The lowest BCUT2D eigenvalue weighted by Crippen LogP contribution is -1.94. The van der Waals surface area contributed by atoms with Gasteiger partial charge in [0.25, 0.3) is 0 Å². The van der Waals surface area contributed by atoms with Gasteiger partial charge in [0.15, 0.2) is 10.8 Å². The van der Waals surface area contributed by atoms with Crippen LogP contribution in [-0.2, 0) is 0 Å². The largest absolute Gasteiger partial charge is 0.496 e. The molecule has 3 heterocycles. The number of rotatable bonds is 4. The molecule has 9 heteroatoms. The van der Waals surface area contributed by atoms with Gasteiger partial charge in [0.05, 0.1) is 30.1 Å². The standard InChI is InChI=1S/C19H13ClN6OS/c1-27-16-8-7-13(20)9-15(16)17-22-23-19-26(17)24-18(28-19)12-10-21-25(11-12)14-5-3-2-4-6-14/h2-11H,1H3. The molecule has 0 aliphatic rings. The second-order valence-electron chi connectivity index (χ2n) is 5.98. The second kappa shape index (κ2) is 6.74. The number of methoxy groups -OCH3 is 1. The minimum Gasteiger partial charge on any atom is -0.496 e. The van der Waals surface area contributed by atoms with Gasteiger partial charge in [-0.15, -0.1) is 10.2 Å². The fraction of sp³-hybridized carbons (Fsp3) is 0.0526. The van der Waals surface area contributed by atoms with E-state index in [1.54, 1.807) is 36.0 Å². The van der Waals surface area contributed by atoms with Crippen LogP contribution in [0, 0.1) is 0 Å². The molecule has 138 valence electrons. The average Bonchev–Trinajstić information content (AvgIpc) is 3.44. The molecule has 0 aliphatic heterocycles. The summed E-state index contributed by atoms with van der Waals surface area (Å²) in [6.07, 6.45) is 3.74. The van der Waals surface area contributed by atoms with E-state index in [1.807, 2.05) is 41.2 Å². The smallest absolute Gasteiger partial charge is 0.235 e. The van der Waals surface area contributed by atoms with E-state index in [0.717, 1.165) is 21.8 Å². The van der Waals surface area contributed by atoms with E-state index in [9.17, 15) is 0 Å². The van der Waals surface area contributed by atoms with Gasteiger partial charge >= 0.3 is 0 Å². The Morgan fingerprint density at radius 1 is 1.07 bits per heavy atom. The third-order valence-electron chi connectivity index (χ3n) is 4.24. The third kappa shape index (κ3) is 2.83. The van der Waals surface area contributed by atoms with Gasteiger partial charge in [-0.05, 0) is 30.3 Å². The highest BCUT2D eigenvalue weighted by Crippen LogP contribution is 2.33. The molecule has 28 heavy (non-hydrogen) atoms. The number of halogens is 1. The van der Waals surface area contributed by atoms with E-state index in [1.165, 1.54) is 11.3 Å². The van der Waals surface area contributed by atoms with E-state index >= 15 is 0 Å². The van der Waals surface area contributed by atoms with Crippen LogP contribution in [0.15, 0.2) is 60.9 Å². The summed E-state index contributed by atoms with van der Waals surface area (Å²) in [5, 5.41) is 19.0. The molecule has 5 aromatic rings. The van der Waals surface area contributed by atoms with Crippen molar-refractivity contribution in [1.29, 1.82) is 0 Å². The summed E-state index contributed by atoms with van der Waals surface area (Å²) in [6, 6.07) is 15.3. The Morgan fingerprint density at radius 3 is 2.75 bits per heavy atom. The van der Waals surface area contributed by atoms with Crippen LogP contribution in [0.1, 0.15) is 0 Å². The molecule has 2 aromatic carbocycles. The Labute approximate surface area is 168 Å². The predicted octanol–water partition coefficient (Wildman–Crippen LogP) is 4.37. The first-order valence-electron chi connectivity index (χ1n) is 8.39. The summed E-state index contributed by atoms with van der Waals surface area (Å²) in [6.45, 7) is 0. The van der Waals surface area contributed by atoms with Gasteiger partial charge in [0.2, 0.25) is 4.96 Å². The topological polar surface area (TPSA) is 70.1 Å². The zero-order valence-electron chi connectivity index (χ0n) is 14.7. The minimum atomic E-state index is 0.576. The summed E-state index contributed by atoms with van der Waals surface area (Å²) in [7, 11) is 1.61. The van der Waals surface area contributed by atoms with Crippen LogP contribution < -0.4 is 4.74 Å². The normalized spacial score (nSPS) is 11.2. The first kappa shape index (κ1) is 16.9. The van der Waals surface area contributed by atoms with Gasteiger partial charge in [0, 0.05) is 11.2 Å². The maximum absolute atomic E-state index is 6.16. The molecule has 0 radical (unpaired) electrons. The summed E-state index contributed by atoms with van der Waals surface area (Å²) in [4.78, 5) is 0.680. The Balaban J connectivity index is 1.58. The molecule has 0 amide bonds. The van der Waals surface area contributed by atoms with Crippen LogP contribution >= 0.6 is 22.9 Å². The molecule has 5 rings (SSSR count). The van der Waals surface area contributed by atoms with E-state index in [0.29, 0.717) is 21.6 Å². The van der Waals surface area contributed by atoms with E-state index in [-0.39, 0.29) is 0 Å². The molecule has 0 N–H and O–H groups in total. The van der Waals surface area contributed by atoms with Crippen LogP contribution in [0.5, 0.6) is 5.75 Å². The number of aromatic nitrogens is 6. The van der Waals surface area contributed by atoms with E-state index in [2.05, 4.69) is 20.4 Å². The molecule has 0 spiro atoms. The third-order valence-corrected chi connectivity index (χ3v) is 5.43. The van der Waals surface area contributed by atoms with Crippen LogP contribution in [0.3, 0.4) is 0 Å². The monoisotopic (exact) mass is 408 g/mol. The number of para-hydroxylation sites is 1. The van der Waals surface area contributed by atoms with Crippen LogP contribution in [0.2, 0.25) is 5.02 Å². The highest BCUT2D eigenvalue weighted by atomic mass is 35.5. The van der Waals surface area contributed by atoms with Gasteiger partial charge < -0.3 is 4.74 Å². The first-order chi connectivity index (χ1) is 13.7. The second-order valence-corrected chi connectivity index (χ2v) is 7.37. The van der Waals surface area contributed by atoms with Crippen LogP contribution in [0.4, 0.5) is 0 Å². The maximum atomic E-state index is 6.16. The molecule has 0 unspecified atom stereocenters. The predicted molar refractivity (Wildman–Crippen MR) is 108 cm³/mol. The van der Waals surface area contributed by atoms with E-state index < -0.39 is 0 Å². The summed E-state index contributed by atoms with van der Waals surface area (Å²) >= 11 is 7.61. The quantitative estimate of drug-likeness (QED) is 0.441. The average molecular weight is 409 g/mol. The molecule has 0 fully saturated rings. The number of benzene rings is 2. The highest BCUT2D eigenvalue weighted by Gasteiger charge is 2.18. The Morgan fingerprint density at radius 2 is 1.93 bits per heavy atom. The number of hydrogen-bond donors (Lipinski definition) is 0. The molecular weight excluding hydrogens is 396 g/mol. The van der Waals surface area contributed by atoms with Crippen LogP contribution in [-0.4, -0.2) is 36.7 Å². The van der Waals surface area contributed by atoms with Crippen molar-refractivity contribution in [2.24, 2.45) is 0 Å². The van der Waals surface area contributed by atoms with Crippen molar-refractivity contribution in [3.8, 4) is 33.4 Å². The molecule has 7 nitrogen and oxygen atoms in total. The lowest BCUT2D eigenvalue weighted by Gasteiger charge is -2.06. The van der Waals surface area contributed by atoms with Crippen molar-refractivity contribution in [2.75, 3.05) is 7.11 Å². The minimum absolute atomic E-state index is 0.576. The molecule has 0 aliphatic carbocycles. The number of nitrogens with zero attached hydrogens (tertiary/aromatic N) is 6. The fourth-order valence-electron chi connectivity index (χ4n) is 2.91. The first-order valence-corrected chi connectivity index (χ1v) is 9.59. The summed E-state index contributed by atoms with van der Waals surface area (Å²) in [5.41, 5.74) is 2.63. The van der Waals surface area contributed by atoms with Crippen molar-refractivity contribution in [3.05, 3.63) is 65.9 Å². The van der Waals surface area contributed by atoms with Crippen molar-refractivity contribution < 1.29 is 4.74 Å². The van der Waals surface area contributed by atoms with Crippen molar-refractivity contribution >= 4 is 27.9 Å². The van der Waals surface area contributed by atoms with Crippen molar-refractivity contribution in [1.82, 2.24) is 29.6 Å². The number of ether oxygens (including phenoxy) is 1.